The lowest BCUT2D eigenvalue weighted by atomic mass is 10.1. The Morgan fingerprint density at radius 3 is 2.11 bits per heavy atom. The molecule has 2 aromatic carbocycles. The van der Waals surface area contributed by atoms with E-state index in [2.05, 4.69) is 0 Å². The lowest BCUT2D eigenvalue weighted by molar-refractivity contribution is -0.141. The lowest BCUT2D eigenvalue weighted by Crippen LogP contribution is -2.44. The minimum atomic E-state index is -1.04. The van der Waals surface area contributed by atoms with E-state index >= 15 is 0 Å². The average molecular weight is 366 g/mol. The maximum atomic E-state index is 12.9. The number of benzene rings is 2. The number of rotatable bonds is 6. The van der Waals surface area contributed by atoms with Gasteiger partial charge in [0.05, 0.1) is 0 Å². The highest BCUT2D eigenvalue weighted by Crippen LogP contribution is 2.30. The first kappa shape index (κ1) is 18.6. The van der Waals surface area contributed by atoms with Crippen molar-refractivity contribution < 1.29 is 19.5 Å². The largest absolute Gasteiger partial charge is 0.480 e. The standard InChI is InChI=1S/C21H22N2O4/c1-14(21(26)27)23(18-11-12-18)20(25)16-8-6-7-15(13-16)19(24)22(2)17-9-4-3-5-10-17/h3-10,13-14,18H,11-12H2,1-2H3,(H,26,27). The Hall–Kier alpha value is -3.15. The normalized spacial score (nSPS) is 14.3. The molecule has 140 valence electrons. The van der Waals surface area contributed by atoms with E-state index < -0.39 is 12.0 Å². The Balaban J connectivity index is 1.85. The van der Waals surface area contributed by atoms with Crippen LogP contribution in [0.1, 0.15) is 40.5 Å². The molecule has 2 aromatic rings. The fraction of sp³-hybridized carbons (Fsp3) is 0.286. The van der Waals surface area contributed by atoms with Gasteiger partial charge in [0.15, 0.2) is 0 Å². The summed E-state index contributed by atoms with van der Waals surface area (Å²) in [6.45, 7) is 1.51. The van der Waals surface area contributed by atoms with Crippen LogP contribution in [0.25, 0.3) is 0 Å². The zero-order valence-electron chi connectivity index (χ0n) is 15.3. The van der Waals surface area contributed by atoms with Crippen molar-refractivity contribution in [2.24, 2.45) is 0 Å². The summed E-state index contributed by atoms with van der Waals surface area (Å²) in [5.74, 6) is -1.63. The van der Waals surface area contributed by atoms with Crippen LogP contribution in [0.3, 0.4) is 0 Å². The van der Waals surface area contributed by atoms with Crippen molar-refractivity contribution in [1.29, 1.82) is 0 Å². The van der Waals surface area contributed by atoms with Crippen molar-refractivity contribution in [2.75, 3.05) is 11.9 Å². The van der Waals surface area contributed by atoms with E-state index in [0.29, 0.717) is 11.1 Å². The Kier molecular flexibility index (Phi) is 5.26. The number of hydrogen-bond acceptors (Lipinski definition) is 3. The van der Waals surface area contributed by atoms with Gasteiger partial charge in [-0.25, -0.2) is 4.79 Å². The first-order valence-corrected chi connectivity index (χ1v) is 8.88. The van der Waals surface area contributed by atoms with Crippen molar-refractivity contribution in [3.8, 4) is 0 Å². The van der Waals surface area contributed by atoms with Crippen LogP contribution in [-0.4, -0.2) is 46.9 Å². The van der Waals surface area contributed by atoms with Gasteiger partial charge >= 0.3 is 5.97 Å². The van der Waals surface area contributed by atoms with Gasteiger partial charge in [-0.15, -0.1) is 0 Å². The first-order valence-electron chi connectivity index (χ1n) is 8.88. The number of carboxylic acids is 1. The number of carbonyl (C=O) groups is 3. The van der Waals surface area contributed by atoms with Crippen LogP contribution in [-0.2, 0) is 4.79 Å². The lowest BCUT2D eigenvalue weighted by Gasteiger charge is -2.26. The summed E-state index contributed by atoms with van der Waals surface area (Å²) in [6.07, 6.45) is 1.61. The predicted octanol–water partition coefficient (Wildman–Crippen LogP) is 3.04. The number of anilines is 1. The molecule has 2 amide bonds. The maximum Gasteiger partial charge on any atom is 0.326 e. The Morgan fingerprint density at radius 2 is 1.56 bits per heavy atom. The fourth-order valence-electron chi connectivity index (χ4n) is 3.03. The van der Waals surface area contributed by atoms with Gasteiger partial charge in [-0.1, -0.05) is 24.3 Å². The molecule has 3 rings (SSSR count). The van der Waals surface area contributed by atoms with E-state index in [4.69, 9.17) is 0 Å². The zero-order chi connectivity index (χ0) is 19.6. The molecular weight excluding hydrogens is 344 g/mol. The van der Waals surface area contributed by atoms with Gasteiger partial charge in [0.25, 0.3) is 11.8 Å². The highest BCUT2D eigenvalue weighted by Gasteiger charge is 2.38. The molecule has 1 fully saturated rings. The minimum Gasteiger partial charge on any atom is -0.480 e. The molecule has 0 aliphatic heterocycles. The third kappa shape index (κ3) is 4.00. The molecule has 1 aliphatic rings. The van der Waals surface area contributed by atoms with Gasteiger partial charge in [0.2, 0.25) is 0 Å². The fourth-order valence-corrected chi connectivity index (χ4v) is 3.03. The summed E-state index contributed by atoms with van der Waals surface area (Å²) in [7, 11) is 1.68. The molecule has 0 saturated heterocycles. The van der Waals surface area contributed by atoms with Gasteiger partial charge in [0, 0.05) is 29.9 Å². The predicted molar refractivity (Wildman–Crippen MR) is 102 cm³/mol. The summed E-state index contributed by atoms with van der Waals surface area (Å²) < 4.78 is 0. The average Bonchev–Trinajstić information content (AvgIpc) is 3.52. The monoisotopic (exact) mass is 366 g/mol. The molecule has 0 heterocycles. The van der Waals surface area contributed by atoms with Crippen molar-refractivity contribution >= 4 is 23.5 Å². The molecule has 1 saturated carbocycles. The molecule has 6 heteroatoms. The minimum absolute atomic E-state index is 0.0463. The van der Waals surface area contributed by atoms with Gasteiger partial charge in [-0.05, 0) is 50.1 Å². The summed E-state index contributed by atoms with van der Waals surface area (Å²) in [4.78, 5) is 40.0. The van der Waals surface area contributed by atoms with Gasteiger partial charge in [0.1, 0.15) is 6.04 Å². The zero-order valence-corrected chi connectivity index (χ0v) is 15.3. The van der Waals surface area contributed by atoms with Crippen LogP contribution in [0.15, 0.2) is 54.6 Å². The van der Waals surface area contributed by atoms with Crippen LogP contribution in [0.4, 0.5) is 5.69 Å². The molecule has 1 atom stereocenters. The summed E-state index contributed by atoms with van der Waals surface area (Å²) in [5.41, 5.74) is 1.45. The molecule has 0 bridgehead atoms. The quantitative estimate of drug-likeness (QED) is 0.852. The van der Waals surface area contributed by atoms with Crippen molar-refractivity contribution in [2.45, 2.75) is 31.8 Å². The van der Waals surface area contributed by atoms with Crippen LogP contribution >= 0.6 is 0 Å². The van der Waals surface area contributed by atoms with Crippen molar-refractivity contribution in [3.05, 3.63) is 65.7 Å². The third-order valence-corrected chi connectivity index (χ3v) is 4.75. The summed E-state index contributed by atoms with van der Waals surface area (Å²) in [5, 5.41) is 9.31. The van der Waals surface area contributed by atoms with Crippen LogP contribution in [0.5, 0.6) is 0 Å². The number of carboxylic acid groups (broad SMARTS) is 1. The molecule has 27 heavy (non-hydrogen) atoms. The van der Waals surface area contributed by atoms with Crippen LogP contribution < -0.4 is 4.90 Å². The second-order valence-corrected chi connectivity index (χ2v) is 6.74. The molecule has 1 aliphatic carbocycles. The molecule has 0 aromatic heterocycles. The number of amides is 2. The van der Waals surface area contributed by atoms with E-state index in [-0.39, 0.29) is 17.9 Å². The molecule has 1 unspecified atom stereocenters. The Bertz CT molecular complexity index is 861. The summed E-state index contributed by atoms with van der Waals surface area (Å²) in [6, 6.07) is 14.7. The van der Waals surface area contributed by atoms with E-state index in [1.54, 1.807) is 25.2 Å². The van der Waals surface area contributed by atoms with E-state index in [1.807, 2.05) is 30.3 Å². The Morgan fingerprint density at radius 1 is 0.963 bits per heavy atom. The van der Waals surface area contributed by atoms with Gasteiger partial charge in [-0.3, -0.25) is 9.59 Å². The van der Waals surface area contributed by atoms with Crippen molar-refractivity contribution in [3.63, 3.8) is 0 Å². The molecule has 1 N–H and O–H groups in total. The number of hydrogen-bond donors (Lipinski definition) is 1. The van der Waals surface area contributed by atoms with Crippen LogP contribution in [0.2, 0.25) is 0 Å². The number of nitrogens with zero attached hydrogens (tertiary/aromatic N) is 2. The highest BCUT2D eigenvalue weighted by molar-refractivity contribution is 6.07. The molecule has 6 nitrogen and oxygen atoms in total. The summed E-state index contributed by atoms with van der Waals surface area (Å²) >= 11 is 0. The number of para-hydroxylation sites is 1. The second kappa shape index (κ2) is 7.61. The molecule has 0 spiro atoms. The third-order valence-electron chi connectivity index (χ3n) is 4.75. The van der Waals surface area contributed by atoms with Crippen LogP contribution in [0, 0.1) is 0 Å². The number of aliphatic carboxylic acids is 1. The van der Waals surface area contributed by atoms with E-state index in [9.17, 15) is 19.5 Å². The topological polar surface area (TPSA) is 77.9 Å². The smallest absolute Gasteiger partial charge is 0.326 e. The van der Waals surface area contributed by atoms with Gasteiger partial charge < -0.3 is 14.9 Å². The SMILES string of the molecule is CC(C(=O)O)N(C(=O)c1cccc(C(=O)N(C)c2ccccc2)c1)C1CC1. The van der Waals surface area contributed by atoms with Gasteiger partial charge in [-0.2, -0.15) is 0 Å². The van der Waals surface area contributed by atoms with Crippen molar-refractivity contribution in [1.82, 2.24) is 4.90 Å². The molecule has 0 radical (unpaired) electrons. The van der Waals surface area contributed by atoms with E-state index in [0.717, 1.165) is 18.5 Å². The highest BCUT2D eigenvalue weighted by atomic mass is 16.4. The maximum absolute atomic E-state index is 12.9. The number of carbonyl (C=O) groups excluding carboxylic acids is 2. The Labute approximate surface area is 158 Å². The van der Waals surface area contributed by atoms with E-state index in [1.165, 1.54) is 22.8 Å². The first-order chi connectivity index (χ1) is 12.9. The molecular formula is C21H22N2O4. The second-order valence-electron chi connectivity index (χ2n) is 6.74.